The highest BCUT2D eigenvalue weighted by Gasteiger charge is 2.19. The Kier molecular flexibility index (Phi) is 5.53. The van der Waals surface area contributed by atoms with E-state index in [1.165, 1.54) is 0 Å². The zero-order chi connectivity index (χ0) is 21.9. The van der Waals surface area contributed by atoms with Crippen LogP contribution >= 0.6 is 0 Å². The molecule has 2 aromatic carbocycles. The number of hydrogen-bond donors (Lipinski definition) is 0. The number of amides is 1. The smallest absolute Gasteiger partial charge is 0.267 e. The van der Waals surface area contributed by atoms with Gasteiger partial charge in [0.15, 0.2) is 6.10 Å². The van der Waals surface area contributed by atoms with E-state index in [9.17, 15) is 4.79 Å². The van der Waals surface area contributed by atoms with Crippen LogP contribution in [0.25, 0.3) is 22.4 Å². The number of ether oxygens (including phenoxy) is 1. The lowest BCUT2D eigenvalue weighted by Gasteiger charge is -2.14. The third kappa shape index (κ3) is 4.18. The third-order valence-electron chi connectivity index (χ3n) is 5.61. The molecule has 2 aromatic heterocycles. The van der Waals surface area contributed by atoms with Crippen molar-refractivity contribution in [3.05, 3.63) is 54.4 Å². The Morgan fingerprint density at radius 2 is 1.97 bits per heavy atom. The van der Waals surface area contributed by atoms with E-state index in [-0.39, 0.29) is 12.0 Å². The number of aryl methyl sites for hydroxylation is 1. The number of hydrogen-bond acceptors (Lipinski definition) is 7. The van der Waals surface area contributed by atoms with Gasteiger partial charge in [-0.05, 0) is 50.1 Å². The van der Waals surface area contributed by atoms with Gasteiger partial charge in [-0.3, -0.25) is 4.79 Å². The van der Waals surface area contributed by atoms with Crippen molar-refractivity contribution in [3.8, 4) is 17.1 Å². The summed E-state index contributed by atoms with van der Waals surface area (Å²) in [6.45, 7) is 4.10. The van der Waals surface area contributed by atoms with Crippen LogP contribution in [0.5, 0.6) is 5.75 Å². The molecule has 32 heavy (non-hydrogen) atoms. The zero-order valence-electron chi connectivity index (χ0n) is 17.8. The second kappa shape index (κ2) is 8.78. The van der Waals surface area contributed by atoms with Crippen LogP contribution < -0.4 is 4.74 Å². The molecule has 1 amide bonds. The number of carbonyl (C=O) groups is 1. The van der Waals surface area contributed by atoms with Crippen LogP contribution in [-0.4, -0.2) is 49.0 Å². The molecule has 5 rings (SSSR count). The normalized spacial score (nSPS) is 14.7. The molecule has 0 radical (unpaired) electrons. The van der Waals surface area contributed by atoms with Crippen molar-refractivity contribution in [2.45, 2.75) is 38.8 Å². The molecule has 0 bridgehead atoms. The highest BCUT2D eigenvalue weighted by Crippen LogP contribution is 2.25. The summed E-state index contributed by atoms with van der Waals surface area (Å²) in [6, 6.07) is 15.2. The van der Waals surface area contributed by atoms with Gasteiger partial charge in [0.2, 0.25) is 11.7 Å². The molecule has 0 spiro atoms. The summed E-state index contributed by atoms with van der Waals surface area (Å²) in [6.07, 6.45) is 2.23. The first-order valence-corrected chi connectivity index (χ1v) is 10.8. The lowest BCUT2D eigenvalue weighted by Crippen LogP contribution is -2.28. The molecule has 164 valence electrons. The van der Waals surface area contributed by atoms with E-state index in [1.54, 1.807) is 4.68 Å². The molecule has 0 N–H and O–H groups in total. The van der Waals surface area contributed by atoms with E-state index in [0.717, 1.165) is 48.3 Å². The Bertz CT molecular complexity index is 1210. The van der Waals surface area contributed by atoms with Gasteiger partial charge in [0.05, 0.1) is 12.1 Å². The van der Waals surface area contributed by atoms with Crippen LogP contribution in [0.4, 0.5) is 0 Å². The molecule has 3 heterocycles. The summed E-state index contributed by atoms with van der Waals surface area (Å²) in [5.74, 6) is 1.77. The highest BCUT2D eigenvalue weighted by atomic mass is 16.5. The van der Waals surface area contributed by atoms with Crippen LogP contribution in [0.15, 0.2) is 53.1 Å². The number of rotatable bonds is 7. The zero-order valence-corrected chi connectivity index (χ0v) is 17.8. The lowest BCUT2D eigenvalue weighted by molar-refractivity contribution is -0.130. The summed E-state index contributed by atoms with van der Waals surface area (Å²) in [5.41, 5.74) is 2.36. The number of carbonyl (C=O) groups excluding carboxylic acids is 1. The summed E-state index contributed by atoms with van der Waals surface area (Å²) < 4.78 is 13.0. The Morgan fingerprint density at radius 3 is 2.78 bits per heavy atom. The minimum atomic E-state index is -0.378. The molecule has 1 atom stereocenters. The van der Waals surface area contributed by atoms with E-state index >= 15 is 0 Å². The molecule has 1 aliphatic rings. The largest absolute Gasteiger partial charge is 0.481 e. The maximum atomic E-state index is 12.3. The third-order valence-corrected chi connectivity index (χ3v) is 5.61. The summed E-state index contributed by atoms with van der Waals surface area (Å²) in [4.78, 5) is 18.7. The molecular formula is C23H24N6O3. The average Bonchev–Trinajstić information content (AvgIpc) is 3.59. The van der Waals surface area contributed by atoms with Gasteiger partial charge in [-0.25, -0.2) is 4.68 Å². The van der Waals surface area contributed by atoms with Crippen molar-refractivity contribution < 1.29 is 14.1 Å². The van der Waals surface area contributed by atoms with Gasteiger partial charge in [-0.1, -0.05) is 28.6 Å². The highest BCUT2D eigenvalue weighted by molar-refractivity contribution is 5.80. The van der Waals surface area contributed by atoms with E-state index in [4.69, 9.17) is 9.26 Å². The fourth-order valence-electron chi connectivity index (χ4n) is 3.87. The van der Waals surface area contributed by atoms with Gasteiger partial charge < -0.3 is 14.2 Å². The Labute approximate surface area is 185 Å². The number of benzene rings is 2. The van der Waals surface area contributed by atoms with Crippen molar-refractivity contribution in [2.24, 2.45) is 0 Å². The van der Waals surface area contributed by atoms with Crippen molar-refractivity contribution in [1.82, 2.24) is 30.0 Å². The van der Waals surface area contributed by atoms with Gasteiger partial charge in [-0.2, -0.15) is 4.98 Å². The Hall–Kier alpha value is -3.75. The Balaban J connectivity index is 1.28. The van der Waals surface area contributed by atoms with E-state index in [1.807, 2.05) is 60.4 Å². The summed E-state index contributed by atoms with van der Waals surface area (Å²) >= 11 is 0. The van der Waals surface area contributed by atoms with Gasteiger partial charge in [0, 0.05) is 25.1 Å². The van der Waals surface area contributed by atoms with Crippen LogP contribution in [0.2, 0.25) is 0 Å². The molecule has 0 saturated carbocycles. The number of likely N-dealkylation sites (tertiary alicyclic amines) is 1. The standard InChI is InChI=1S/C23H24N6O3/c1-16(31-18-7-3-2-4-8-18)23-24-22(26-32-23)17-9-10-20-19(15-17)25-27-29(20)14-11-21(30)28-12-5-6-13-28/h2-4,7-10,15-16H,5-6,11-14H2,1H3/t16-/m0/s1. The van der Waals surface area contributed by atoms with Gasteiger partial charge in [0.1, 0.15) is 11.3 Å². The molecule has 1 saturated heterocycles. The first-order valence-electron chi connectivity index (χ1n) is 10.8. The molecular weight excluding hydrogens is 408 g/mol. The van der Waals surface area contributed by atoms with Crippen molar-refractivity contribution in [1.29, 1.82) is 0 Å². The number of aromatic nitrogens is 5. The molecule has 9 nitrogen and oxygen atoms in total. The SMILES string of the molecule is C[C@H](Oc1ccccc1)c1nc(-c2ccc3c(c2)nnn3CCC(=O)N2CCCC2)no1. The first kappa shape index (κ1) is 20.2. The van der Waals surface area contributed by atoms with Crippen molar-refractivity contribution in [3.63, 3.8) is 0 Å². The van der Waals surface area contributed by atoms with Crippen LogP contribution in [0.1, 0.15) is 38.2 Å². The Morgan fingerprint density at radius 1 is 1.16 bits per heavy atom. The second-order valence-corrected chi connectivity index (χ2v) is 7.88. The van der Waals surface area contributed by atoms with Crippen molar-refractivity contribution in [2.75, 3.05) is 13.1 Å². The molecule has 0 aliphatic carbocycles. The predicted octanol–water partition coefficient (Wildman–Crippen LogP) is 3.63. The van der Waals surface area contributed by atoms with E-state index in [2.05, 4.69) is 20.5 Å². The molecule has 9 heteroatoms. The lowest BCUT2D eigenvalue weighted by atomic mass is 10.2. The van der Waals surface area contributed by atoms with E-state index in [0.29, 0.717) is 24.7 Å². The van der Waals surface area contributed by atoms with E-state index < -0.39 is 0 Å². The summed E-state index contributed by atoms with van der Waals surface area (Å²) in [5, 5.41) is 12.6. The van der Waals surface area contributed by atoms with Gasteiger partial charge in [0.25, 0.3) is 5.89 Å². The molecule has 4 aromatic rings. The number of para-hydroxylation sites is 1. The molecule has 0 unspecified atom stereocenters. The van der Waals surface area contributed by atoms with Crippen molar-refractivity contribution >= 4 is 16.9 Å². The fraction of sp³-hybridized carbons (Fsp3) is 0.348. The fourth-order valence-corrected chi connectivity index (χ4v) is 3.87. The maximum absolute atomic E-state index is 12.3. The number of fused-ring (bicyclic) bond motifs is 1. The minimum absolute atomic E-state index is 0.175. The average molecular weight is 432 g/mol. The number of nitrogens with zero attached hydrogens (tertiary/aromatic N) is 6. The quantitative estimate of drug-likeness (QED) is 0.440. The molecule has 1 aliphatic heterocycles. The van der Waals surface area contributed by atoms with Gasteiger partial charge >= 0.3 is 0 Å². The van der Waals surface area contributed by atoms with Crippen LogP contribution in [0.3, 0.4) is 0 Å². The van der Waals surface area contributed by atoms with Crippen LogP contribution in [0, 0.1) is 0 Å². The van der Waals surface area contributed by atoms with Crippen LogP contribution in [-0.2, 0) is 11.3 Å². The first-order chi connectivity index (χ1) is 15.7. The molecule has 1 fully saturated rings. The second-order valence-electron chi connectivity index (χ2n) is 7.88. The maximum Gasteiger partial charge on any atom is 0.267 e. The predicted molar refractivity (Wildman–Crippen MR) is 117 cm³/mol. The monoisotopic (exact) mass is 432 g/mol. The summed E-state index contributed by atoms with van der Waals surface area (Å²) in [7, 11) is 0. The topological polar surface area (TPSA) is 99.2 Å². The minimum Gasteiger partial charge on any atom is -0.481 e. The van der Waals surface area contributed by atoms with Gasteiger partial charge in [-0.15, -0.1) is 5.10 Å².